The van der Waals surface area contributed by atoms with E-state index in [0.717, 1.165) is 24.2 Å². The zero-order valence-corrected chi connectivity index (χ0v) is 18.7. The Bertz CT molecular complexity index is 1200. The molecule has 2 aromatic carbocycles. The molecular formula is C20H17Cl2N3O3S2. The van der Waals surface area contributed by atoms with Crippen molar-refractivity contribution in [3.63, 3.8) is 0 Å². The number of aromatic nitrogens is 1. The molecule has 0 saturated heterocycles. The van der Waals surface area contributed by atoms with Crippen molar-refractivity contribution in [2.45, 2.75) is 17.7 Å². The molecule has 4 rings (SSSR count). The highest BCUT2D eigenvalue weighted by molar-refractivity contribution is 7.91. The zero-order valence-electron chi connectivity index (χ0n) is 15.6. The lowest BCUT2D eigenvalue weighted by Crippen LogP contribution is -2.08. The number of halogens is 2. The second-order valence-corrected chi connectivity index (χ2v) is 10.9. The molecule has 156 valence electrons. The van der Waals surface area contributed by atoms with Crippen molar-refractivity contribution < 1.29 is 13.2 Å². The number of nitrogens with two attached hydrogens (primary N) is 1. The number of hydrogen-bond acceptors (Lipinski definition) is 7. The topological polar surface area (TPSA) is 102 Å². The number of carbonyl (C=O) groups is 1. The summed E-state index contributed by atoms with van der Waals surface area (Å²) in [6.07, 6.45) is 1.95. The van der Waals surface area contributed by atoms with Gasteiger partial charge in [-0.3, -0.25) is 4.79 Å². The minimum absolute atomic E-state index is 0.0621. The van der Waals surface area contributed by atoms with E-state index in [1.165, 1.54) is 0 Å². The number of nitrogens with zero attached hydrogens (tertiary/aromatic N) is 1. The molecule has 1 fully saturated rings. The SMILES string of the molecule is Nc1nc(Nc2ccc(S(=O)(=O)CC3CC3)cc2)sc1C(=O)c1c(Cl)cccc1Cl. The molecule has 0 radical (unpaired) electrons. The van der Waals surface area contributed by atoms with E-state index in [1.54, 1.807) is 42.5 Å². The van der Waals surface area contributed by atoms with Gasteiger partial charge in [0.15, 0.2) is 15.0 Å². The van der Waals surface area contributed by atoms with E-state index in [2.05, 4.69) is 10.3 Å². The molecule has 3 aromatic rings. The fraction of sp³-hybridized carbons (Fsp3) is 0.200. The van der Waals surface area contributed by atoms with E-state index in [9.17, 15) is 13.2 Å². The summed E-state index contributed by atoms with van der Waals surface area (Å²) in [5.74, 6) is 0.134. The van der Waals surface area contributed by atoms with Crippen LogP contribution in [0, 0.1) is 5.92 Å². The van der Waals surface area contributed by atoms with E-state index in [1.807, 2.05) is 0 Å². The third kappa shape index (κ3) is 4.46. The first-order chi connectivity index (χ1) is 14.2. The van der Waals surface area contributed by atoms with Crippen molar-refractivity contribution in [3.8, 4) is 0 Å². The van der Waals surface area contributed by atoms with Crippen LogP contribution in [0.15, 0.2) is 47.4 Å². The summed E-state index contributed by atoms with van der Waals surface area (Å²) >= 11 is 13.3. The van der Waals surface area contributed by atoms with Gasteiger partial charge in [-0.05, 0) is 55.2 Å². The van der Waals surface area contributed by atoms with Crippen LogP contribution in [0.1, 0.15) is 28.1 Å². The van der Waals surface area contributed by atoms with E-state index in [-0.39, 0.29) is 38.0 Å². The Balaban J connectivity index is 1.53. The third-order valence-corrected chi connectivity index (χ3v) is 8.18. The summed E-state index contributed by atoms with van der Waals surface area (Å²) in [7, 11) is -3.27. The minimum atomic E-state index is -3.27. The van der Waals surface area contributed by atoms with Gasteiger partial charge < -0.3 is 11.1 Å². The zero-order chi connectivity index (χ0) is 21.5. The number of benzene rings is 2. The van der Waals surface area contributed by atoms with Crippen LogP contribution in [0.3, 0.4) is 0 Å². The Morgan fingerprint density at radius 1 is 1.13 bits per heavy atom. The number of anilines is 3. The molecule has 30 heavy (non-hydrogen) atoms. The Hall–Kier alpha value is -2.13. The maximum atomic E-state index is 12.8. The molecular weight excluding hydrogens is 465 g/mol. The van der Waals surface area contributed by atoms with E-state index >= 15 is 0 Å². The van der Waals surface area contributed by atoms with Crippen molar-refractivity contribution in [1.29, 1.82) is 0 Å². The van der Waals surface area contributed by atoms with Crippen molar-refractivity contribution >= 4 is 66.8 Å². The lowest BCUT2D eigenvalue weighted by atomic mass is 10.1. The average Bonchev–Trinajstić information content (AvgIpc) is 3.41. The van der Waals surface area contributed by atoms with Crippen LogP contribution >= 0.6 is 34.5 Å². The monoisotopic (exact) mass is 481 g/mol. The van der Waals surface area contributed by atoms with Gasteiger partial charge in [0, 0.05) is 5.69 Å². The second kappa shape index (κ2) is 8.19. The van der Waals surface area contributed by atoms with E-state index in [0.29, 0.717) is 15.7 Å². The summed E-state index contributed by atoms with van der Waals surface area (Å²) < 4.78 is 24.7. The number of rotatable bonds is 7. The summed E-state index contributed by atoms with van der Waals surface area (Å²) in [5, 5.41) is 3.91. The Morgan fingerprint density at radius 3 is 2.37 bits per heavy atom. The van der Waals surface area contributed by atoms with Crippen LogP contribution in [0.2, 0.25) is 10.0 Å². The van der Waals surface area contributed by atoms with Gasteiger partial charge in [-0.1, -0.05) is 40.6 Å². The third-order valence-electron chi connectivity index (χ3n) is 4.67. The number of nitrogens with one attached hydrogen (secondary N) is 1. The molecule has 6 nitrogen and oxygen atoms in total. The molecule has 0 spiro atoms. The van der Waals surface area contributed by atoms with Crippen molar-refractivity contribution in [3.05, 3.63) is 63.0 Å². The molecule has 0 atom stereocenters. The van der Waals surface area contributed by atoms with Crippen LogP contribution in [0.25, 0.3) is 0 Å². The van der Waals surface area contributed by atoms with Crippen LogP contribution in [0.5, 0.6) is 0 Å². The van der Waals surface area contributed by atoms with Gasteiger partial charge >= 0.3 is 0 Å². The highest BCUT2D eigenvalue weighted by Gasteiger charge is 2.29. The van der Waals surface area contributed by atoms with Crippen molar-refractivity contribution in [1.82, 2.24) is 4.98 Å². The predicted octanol–water partition coefficient (Wildman–Crippen LogP) is 5.19. The van der Waals surface area contributed by atoms with Gasteiger partial charge in [0.2, 0.25) is 5.78 Å². The van der Waals surface area contributed by atoms with Gasteiger partial charge in [-0.2, -0.15) is 0 Å². The fourth-order valence-electron chi connectivity index (χ4n) is 2.94. The van der Waals surface area contributed by atoms with E-state index in [4.69, 9.17) is 28.9 Å². The summed E-state index contributed by atoms with van der Waals surface area (Å²) in [4.78, 5) is 17.6. The van der Waals surface area contributed by atoms with Gasteiger partial charge in [0.1, 0.15) is 10.7 Å². The summed E-state index contributed by atoms with van der Waals surface area (Å²) in [6.45, 7) is 0. The molecule has 1 aromatic heterocycles. The standard InChI is InChI=1S/C20H17Cl2N3O3S2/c21-14-2-1-3-15(22)16(14)17(26)18-19(23)25-20(29-18)24-12-6-8-13(9-7-12)30(27,28)10-11-4-5-11/h1-3,6-9,11H,4-5,10,23H2,(H,24,25). The molecule has 1 aliphatic rings. The predicted molar refractivity (Wildman–Crippen MR) is 121 cm³/mol. The largest absolute Gasteiger partial charge is 0.382 e. The van der Waals surface area contributed by atoms with Gasteiger partial charge in [0.25, 0.3) is 0 Å². The van der Waals surface area contributed by atoms with Gasteiger partial charge in [-0.15, -0.1) is 0 Å². The summed E-state index contributed by atoms with van der Waals surface area (Å²) in [5.41, 5.74) is 6.74. The first-order valence-corrected chi connectivity index (χ1v) is 12.3. The van der Waals surface area contributed by atoms with Crippen LogP contribution in [-0.4, -0.2) is 24.9 Å². The summed E-state index contributed by atoms with van der Waals surface area (Å²) in [6, 6.07) is 11.2. The molecule has 1 saturated carbocycles. The van der Waals surface area contributed by atoms with Crippen LogP contribution in [0.4, 0.5) is 16.6 Å². The number of thiazole rings is 1. The average molecular weight is 482 g/mol. The smallest absolute Gasteiger partial charge is 0.209 e. The van der Waals surface area contributed by atoms with Gasteiger partial charge in [0.05, 0.1) is 26.3 Å². The number of hydrogen-bond donors (Lipinski definition) is 2. The lowest BCUT2D eigenvalue weighted by Gasteiger charge is -2.06. The van der Waals surface area contributed by atoms with Crippen LogP contribution in [-0.2, 0) is 9.84 Å². The molecule has 0 amide bonds. The molecule has 3 N–H and O–H groups in total. The molecule has 1 aliphatic carbocycles. The quantitative estimate of drug-likeness (QED) is 0.450. The molecule has 0 unspecified atom stereocenters. The fourth-order valence-corrected chi connectivity index (χ4v) is 6.05. The number of nitrogen functional groups attached to an aromatic ring is 1. The first-order valence-electron chi connectivity index (χ1n) is 9.09. The Kier molecular flexibility index (Phi) is 5.76. The molecule has 1 heterocycles. The normalized spacial score (nSPS) is 13.9. The lowest BCUT2D eigenvalue weighted by molar-refractivity contribution is 0.104. The number of carbonyl (C=O) groups excluding carboxylic acids is 1. The second-order valence-electron chi connectivity index (χ2n) is 7.03. The number of sulfone groups is 1. The number of ketones is 1. The van der Waals surface area contributed by atoms with Crippen LogP contribution < -0.4 is 11.1 Å². The molecule has 0 aliphatic heterocycles. The van der Waals surface area contributed by atoms with Crippen molar-refractivity contribution in [2.75, 3.05) is 16.8 Å². The van der Waals surface area contributed by atoms with Crippen molar-refractivity contribution in [2.24, 2.45) is 5.92 Å². The minimum Gasteiger partial charge on any atom is -0.382 e. The maximum absolute atomic E-state index is 12.8. The molecule has 0 bridgehead atoms. The molecule has 10 heteroatoms. The highest BCUT2D eigenvalue weighted by atomic mass is 35.5. The maximum Gasteiger partial charge on any atom is 0.209 e. The first kappa shape index (κ1) is 21.1. The highest BCUT2D eigenvalue weighted by Crippen LogP contribution is 2.35. The Morgan fingerprint density at radius 2 is 1.77 bits per heavy atom. The van der Waals surface area contributed by atoms with Gasteiger partial charge in [-0.25, -0.2) is 13.4 Å². The Labute approximate surface area is 188 Å². The van der Waals surface area contributed by atoms with E-state index < -0.39 is 15.6 Å².